The molecule has 1 N–H and O–H groups in total. The Morgan fingerprint density at radius 2 is 1.94 bits per heavy atom. The number of aliphatic hydroxyl groups excluding tert-OH is 1. The lowest BCUT2D eigenvalue weighted by molar-refractivity contribution is -0.257. The van der Waals surface area contributed by atoms with Crippen LogP contribution in [0.15, 0.2) is 11.6 Å². The molecule has 7 nitrogen and oxygen atoms in total. The Hall–Kier alpha value is -1.12. The van der Waals surface area contributed by atoms with E-state index in [0.29, 0.717) is 31.3 Å². The highest BCUT2D eigenvalue weighted by Crippen LogP contribution is 2.71. The second-order valence-corrected chi connectivity index (χ2v) is 11.1. The van der Waals surface area contributed by atoms with Gasteiger partial charge in [0.15, 0.2) is 19.4 Å². The average Bonchev–Trinajstić information content (AvgIpc) is 3.42. The molecule has 0 aromatic heterocycles. The zero-order valence-corrected chi connectivity index (χ0v) is 18.3. The van der Waals surface area contributed by atoms with Gasteiger partial charge in [-0.15, -0.1) is 0 Å². The number of carbonyl (C=O) groups is 2. The smallest absolute Gasteiger partial charge is 0.226 e. The molecular formula is C24H32O7. The van der Waals surface area contributed by atoms with Crippen LogP contribution in [0.4, 0.5) is 0 Å². The van der Waals surface area contributed by atoms with Crippen LogP contribution in [-0.4, -0.2) is 54.9 Å². The van der Waals surface area contributed by atoms with Crippen LogP contribution in [0.2, 0.25) is 0 Å². The summed E-state index contributed by atoms with van der Waals surface area (Å²) in [5.41, 5.74) is -0.130. The summed E-state index contributed by atoms with van der Waals surface area (Å²) in [5, 5.41) is 11.7. The number of rotatable bonds is 1. The van der Waals surface area contributed by atoms with E-state index >= 15 is 0 Å². The van der Waals surface area contributed by atoms with Crippen LogP contribution in [0.25, 0.3) is 0 Å². The van der Waals surface area contributed by atoms with E-state index in [1.807, 2.05) is 0 Å². The Balaban J connectivity index is 1.40. The Morgan fingerprint density at radius 3 is 2.68 bits per heavy atom. The minimum atomic E-state index is -0.896. The summed E-state index contributed by atoms with van der Waals surface area (Å²) in [6, 6.07) is 0. The van der Waals surface area contributed by atoms with Crippen LogP contribution in [-0.2, 0) is 28.5 Å². The molecule has 2 heterocycles. The van der Waals surface area contributed by atoms with Gasteiger partial charge in [0.05, 0.1) is 12.0 Å². The number of allylic oxidation sites excluding steroid dienone is 1. The fourth-order valence-electron chi connectivity index (χ4n) is 8.90. The molecule has 9 atom stereocenters. The number of ether oxygens (including phenoxy) is 4. The Bertz CT molecular complexity index is 841. The molecule has 2 spiro atoms. The van der Waals surface area contributed by atoms with Crippen molar-refractivity contribution in [3.05, 3.63) is 11.6 Å². The molecule has 2 saturated heterocycles. The van der Waals surface area contributed by atoms with E-state index < -0.39 is 23.4 Å². The Kier molecular flexibility index (Phi) is 4.28. The van der Waals surface area contributed by atoms with Crippen molar-refractivity contribution in [3.63, 3.8) is 0 Å². The van der Waals surface area contributed by atoms with E-state index in [2.05, 4.69) is 13.8 Å². The van der Waals surface area contributed by atoms with Gasteiger partial charge < -0.3 is 28.8 Å². The maximum absolute atomic E-state index is 12.4. The summed E-state index contributed by atoms with van der Waals surface area (Å²) in [4.78, 5) is 24.0. The Labute approximate surface area is 182 Å². The Morgan fingerprint density at radius 1 is 1.13 bits per heavy atom. The van der Waals surface area contributed by atoms with Crippen molar-refractivity contribution in [2.24, 2.45) is 34.5 Å². The van der Waals surface area contributed by atoms with E-state index in [4.69, 9.17) is 18.9 Å². The van der Waals surface area contributed by atoms with Crippen LogP contribution < -0.4 is 0 Å². The predicted octanol–water partition coefficient (Wildman–Crippen LogP) is 2.36. The zero-order chi connectivity index (χ0) is 21.6. The first kappa shape index (κ1) is 20.5. The maximum atomic E-state index is 12.4. The summed E-state index contributed by atoms with van der Waals surface area (Å²) < 4.78 is 24.0. The fraction of sp³-hybridized carbons (Fsp3) is 0.833. The van der Waals surface area contributed by atoms with E-state index in [1.165, 1.54) is 0 Å². The summed E-state index contributed by atoms with van der Waals surface area (Å²) in [7, 11) is 0. The predicted molar refractivity (Wildman–Crippen MR) is 107 cm³/mol. The normalized spacial score (nSPS) is 55.8. The summed E-state index contributed by atoms with van der Waals surface area (Å²) in [5.74, 6) is -0.870. The first-order valence-corrected chi connectivity index (χ1v) is 11.7. The number of fused-ring (bicyclic) bond motifs is 7. The number of hydrogen-bond acceptors (Lipinski definition) is 7. The van der Waals surface area contributed by atoms with Crippen molar-refractivity contribution in [2.75, 3.05) is 20.2 Å². The molecule has 5 fully saturated rings. The summed E-state index contributed by atoms with van der Waals surface area (Å²) >= 11 is 0. The molecule has 0 radical (unpaired) electrons. The summed E-state index contributed by atoms with van der Waals surface area (Å²) in [6.07, 6.45) is 6.67. The lowest BCUT2D eigenvalue weighted by Crippen LogP contribution is -2.66. The van der Waals surface area contributed by atoms with Gasteiger partial charge in [0.1, 0.15) is 18.5 Å². The highest BCUT2D eigenvalue weighted by Gasteiger charge is 2.76. The summed E-state index contributed by atoms with van der Waals surface area (Å²) in [6.45, 7) is 5.15. The van der Waals surface area contributed by atoms with Crippen LogP contribution in [0.3, 0.4) is 0 Å². The highest BCUT2D eigenvalue weighted by atomic mass is 16.9. The first-order chi connectivity index (χ1) is 14.8. The number of aldehydes is 1. The van der Waals surface area contributed by atoms with Crippen molar-refractivity contribution in [1.29, 1.82) is 0 Å². The molecule has 0 bridgehead atoms. The van der Waals surface area contributed by atoms with E-state index in [-0.39, 0.29) is 36.1 Å². The van der Waals surface area contributed by atoms with Crippen molar-refractivity contribution in [1.82, 2.24) is 0 Å². The average molecular weight is 433 g/mol. The highest BCUT2D eigenvalue weighted by molar-refractivity contribution is 6.02. The number of carbonyl (C=O) groups excluding carboxylic acids is 2. The minimum Gasteiger partial charge on any atom is -0.393 e. The van der Waals surface area contributed by atoms with Gasteiger partial charge >= 0.3 is 0 Å². The van der Waals surface area contributed by atoms with E-state index in [1.54, 1.807) is 6.08 Å². The van der Waals surface area contributed by atoms with Gasteiger partial charge in [-0.25, -0.2) is 0 Å². The van der Waals surface area contributed by atoms with E-state index in [0.717, 1.165) is 37.5 Å². The standard InChI is InChI=1S/C24H32O7/c1-21-8-14(10-25)18(26)7-15(21)3-4-16-17-5-6-23(22(17,2)9-19(27)20(16)21)24(31-13-29-23)11-28-12-30-24/h7,10,14,16-17,19-20,27H,3-6,8-9,11-13H2,1-2H3/t14?,16?,17?,19?,20?,21-,22-,23+,24?/m0/s1. The lowest BCUT2D eigenvalue weighted by atomic mass is 9.44. The molecule has 6 unspecified atom stereocenters. The van der Waals surface area contributed by atoms with Gasteiger partial charge in [0.2, 0.25) is 5.79 Å². The second-order valence-electron chi connectivity index (χ2n) is 11.1. The minimum absolute atomic E-state index is 0.0373. The lowest BCUT2D eigenvalue weighted by Gasteiger charge is -2.61. The van der Waals surface area contributed by atoms with Crippen LogP contribution >= 0.6 is 0 Å². The third-order valence-electron chi connectivity index (χ3n) is 10.2. The zero-order valence-electron chi connectivity index (χ0n) is 18.3. The molecule has 31 heavy (non-hydrogen) atoms. The van der Waals surface area contributed by atoms with E-state index in [9.17, 15) is 14.7 Å². The van der Waals surface area contributed by atoms with Crippen LogP contribution in [0, 0.1) is 34.5 Å². The topological polar surface area (TPSA) is 91.3 Å². The molecule has 0 aromatic carbocycles. The molecule has 0 amide bonds. The van der Waals surface area contributed by atoms with Gasteiger partial charge in [-0.1, -0.05) is 19.4 Å². The maximum Gasteiger partial charge on any atom is 0.226 e. The molecule has 3 saturated carbocycles. The van der Waals surface area contributed by atoms with Gasteiger partial charge in [-0.2, -0.15) is 0 Å². The van der Waals surface area contributed by atoms with Crippen molar-refractivity contribution in [3.8, 4) is 0 Å². The molecule has 4 aliphatic carbocycles. The van der Waals surface area contributed by atoms with Crippen molar-refractivity contribution in [2.45, 2.75) is 69.9 Å². The first-order valence-electron chi connectivity index (χ1n) is 11.7. The monoisotopic (exact) mass is 432 g/mol. The van der Waals surface area contributed by atoms with Crippen molar-refractivity contribution >= 4 is 12.1 Å². The van der Waals surface area contributed by atoms with Gasteiger partial charge in [-0.3, -0.25) is 4.79 Å². The van der Waals surface area contributed by atoms with Crippen LogP contribution in [0.1, 0.15) is 52.4 Å². The van der Waals surface area contributed by atoms with Gasteiger partial charge in [-0.05, 0) is 67.8 Å². The number of hydrogen-bond donors (Lipinski definition) is 1. The number of ketones is 1. The number of aliphatic hydroxyl groups is 1. The SMILES string of the molecule is C[C@]12CC(C=O)C(=O)C=C1CCC1C2C(O)C[C@@]2(C)C1CC[C@@]21OCOC12COCO2. The molecule has 7 heteroatoms. The molecule has 6 rings (SSSR count). The third kappa shape index (κ3) is 2.32. The molecular weight excluding hydrogens is 400 g/mol. The van der Waals surface area contributed by atoms with Crippen LogP contribution in [0.5, 0.6) is 0 Å². The quantitative estimate of drug-likeness (QED) is 0.502. The van der Waals surface area contributed by atoms with Gasteiger partial charge in [0, 0.05) is 5.41 Å². The molecule has 0 aromatic rings. The second kappa shape index (κ2) is 6.48. The molecule has 170 valence electrons. The largest absolute Gasteiger partial charge is 0.393 e. The fourth-order valence-corrected chi connectivity index (χ4v) is 8.90. The van der Waals surface area contributed by atoms with Gasteiger partial charge in [0.25, 0.3) is 0 Å². The van der Waals surface area contributed by atoms with Crippen molar-refractivity contribution < 1.29 is 33.6 Å². The molecule has 6 aliphatic rings. The third-order valence-corrected chi connectivity index (χ3v) is 10.2. The molecule has 2 aliphatic heterocycles.